The molecule has 3 fully saturated rings. The van der Waals surface area contributed by atoms with E-state index in [0.29, 0.717) is 32.4 Å². The van der Waals surface area contributed by atoms with Gasteiger partial charge in [0.2, 0.25) is 21.8 Å². The highest BCUT2D eigenvalue weighted by molar-refractivity contribution is 7.91. The number of carbonyl (C=O) groups is 5. The predicted molar refractivity (Wildman–Crippen MR) is 204 cm³/mol. The van der Waals surface area contributed by atoms with E-state index in [2.05, 4.69) is 21.4 Å². The fraction of sp³-hybridized carbons (Fsp3) is 0.725. The third-order valence-corrected chi connectivity index (χ3v) is 14.2. The van der Waals surface area contributed by atoms with Crippen LogP contribution in [-0.4, -0.2) is 90.3 Å². The van der Waals surface area contributed by atoms with E-state index >= 15 is 0 Å². The third kappa shape index (κ3) is 8.32. The molecule has 0 radical (unpaired) electrons. The Labute approximate surface area is 325 Å². The van der Waals surface area contributed by atoms with Crippen molar-refractivity contribution in [1.82, 2.24) is 25.2 Å². The Balaban J connectivity index is 1.34. The van der Waals surface area contributed by atoms with Gasteiger partial charge in [-0.1, -0.05) is 86.4 Å². The van der Waals surface area contributed by atoms with Crippen molar-refractivity contribution in [3.05, 3.63) is 34.9 Å². The molecule has 4 bridgehead atoms. The number of nitrogens with one attached hydrogen (secondary N) is 3. The van der Waals surface area contributed by atoms with E-state index in [1.54, 1.807) is 39.5 Å². The zero-order chi connectivity index (χ0) is 40.3. The van der Waals surface area contributed by atoms with E-state index in [0.717, 1.165) is 36.8 Å². The molecule has 1 aromatic rings. The van der Waals surface area contributed by atoms with Gasteiger partial charge in [-0.15, -0.1) is 0 Å². The molecule has 6 rings (SSSR count). The largest absolute Gasteiger partial charge is 0.449 e. The molecule has 15 heteroatoms. The van der Waals surface area contributed by atoms with E-state index in [4.69, 9.17) is 9.47 Å². The number of benzene rings is 1. The Morgan fingerprint density at radius 2 is 1.71 bits per heavy atom. The first kappa shape index (κ1) is 40.8. The van der Waals surface area contributed by atoms with Gasteiger partial charge in [0.1, 0.15) is 23.7 Å². The maximum absolute atomic E-state index is 14.8. The number of hydrogen-bond donors (Lipinski definition) is 3. The number of amides is 5. The lowest BCUT2D eigenvalue weighted by atomic mass is 9.81. The number of rotatable bonds is 6. The van der Waals surface area contributed by atoms with Crippen molar-refractivity contribution in [2.45, 2.75) is 149 Å². The molecule has 5 amide bonds. The Morgan fingerprint density at radius 1 is 1.02 bits per heavy atom. The molecular weight excluding hydrogens is 727 g/mol. The van der Waals surface area contributed by atoms with E-state index in [-0.39, 0.29) is 30.9 Å². The number of aryl methyl sites for hydroxylation is 1. The highest BCUT2D eigenvalue weighted by Crippen LogP contribution is 2.48. The van der Waals surface area contributed by atoms with Crippen molar-refractivity contribution in [2.24, 2.45) is 22.2 Å². The number of nitrogens with zero attached hydrogens (tertiary/aromatic N) is 2. The molecule has 1 aromatic carbocycles. The van der Waals surface area contributed by atoms with Crippen molar-refractivity contribution in [1.29, 1.82) is 0 Å². The van der Waals surface area contributed by atoms with Crippen molar-refractivity contribution in [2.75, 3.05) is 13.2 Å². The molecule has 3 N–H and O–H groups in total. The van der Waals surface area contributed by atoms with Crippen LogP contribution in [0, 0.1) is 22.2 Å². The molecule has 2 saturated carbocycles. The van der Waals surface area contributed by atoms with E-state index < -0.39 is 79.7 Å². The summed E-state index contributed by atoms with van der Waals surface area (Å²) in [5.74, 6) is -2.39. The van der Waals surface area contributed by atoms with Gasteiger partial charge in [-0.2, -0.15) is 0 Å². The summed E-state index contributed by atoms with van der Waals surface area (Å²) in [6.07, 6.45) is 2.84. The minimum atomic E-state index is -3.90. The fourth-order valence-corrected chi connectivity index (χ4v) is 9.90. The van der Waals surface area contributed by atoms with Gasteiger partial charge in [-0.3, -0.25) is 24.0 Å². The van der Waals surface area contributed by atoms with Crippen LogP contribution in [0.25, 0.3) is 0 Å². The molecule has 5 aliphatic rings. The first-order chi connectivity index (χ1) is 25.6. The Morgan fingerprint density at radius 3 is 2.35 bits per heavy atom. The molecule has 5 atom stereocenters. The van der Waals surface area contributed by atoms with E-state index in [1.165, 1.54) is 10.5 Å². The van der Waals surface area contributed by atoms with Crippen molar-refractivity contribution >= 4 is 39.9 Å². The average molecular weight is 786 g/mol. The molecule has 3 aliphatic heterocycles. The van der Waals surface area contributed by atoms with Gasteiger partial charge in [0, 0.05) is 18.5 Å². The maximum atomic E-state index is 14.8. The first-order valence-corrected chi connectivity index (χ1v) is 21.3. The smallest absolute Gasteiger partial charge is 0.410 e. The van der Waals surface area contributed by atoms with Gasteiger partial charge in [0.25, 0.3) is 5.91 Å². The van der Waals surface area contributed by atoms with Crippen LogP contribution in [0.5, 0.6) is 0 Å². The second kappa shape index (κ2) is 14.6. The summed E-state index contributed by atoms with van der Waals surface area (Å²) in [6.45, 7) is 15.5. The Kier molecular flexibility index (Phi) is 10.8. The standard InChI is InChI=1S/C40H59N5O9S/c1-9-26-19-40(26,34(48)43-55(51,52)27-16-17-27)42-32(46)31-39(7,8)29-22-45(31)33(47)30(37(2,3)4)41-35(49)53-23-38(5,6)18-11-10-13-24-14-12-15-25-20-44(21-28(24)25)36(50)54-29/h12,14-15,26-27,29-31H,9-11,13,16-23H2,1-8H3,(H,41,49)(H,42,46)(H,43,48)/t26-,29+,30+,31-,40-/m1/s1. The minimum absolute atomic E-state index is 0.137. The van der Waals surface area contributed by atoms with Crippen LogP contribution in [0.3, 0.4) is 0 Å². The quantitative estimate of drug-likeness (QED) is 0.374. The molecular formula is C40H59N5O9S. The first-order valence-electron chi connectivity index (χ1n) is 19.8. The monoisotopic (exact) mass is 785 g/mol. The summed E-state index contributed by atoms with van der Waals surface area (Å²) >= 11 is 0. The molecule has 0 spiro atoms. The summed E-state index contributed by atoms with van der Waals surface area (Å²) in [5, 5.41) is 5.02. The topological polar surface area (TPSA) is 181 Å². The van der Waals surface area contributed by atoms with Crippen LogP contribution < -0.4 is 15.4 Å². The van der Waals surface area contributed by atoms with Gasteiger partial charge in [0.05, 0.1) is 18.4 Å². The number of carbonyl (C=O) groups excluding carboxylic acids is 5. The highest BCUT2D eigenvalue weighted by Gasteiger charge is 2.64. The number of hydrogen-bond acceptors (Lipinski definition) is 9. The molecule has 0 unspecified atom stereocenters. The maximum Gasteiger partial charge on any atom is 0.410 e. The van der Waals surface area contributed by atoms with Gasteiger partial charge in [0.15, 0.2) is 0 Å². The normalized spacial score (nSPS) is 29.8. The molecule has 304 valence electrons. The molecule has 2 aliphatic carbocycles. The zero-order valence-corrected chi connectivity index (χ0v) is 34.4. The summed E-state index contributed by atoms with van der Waals surface area (Å²) in [4.78, 5) is 73.4. The third-order valence-electron chi connectivity index (χ3n) is 12.4. The lowest BCUT2D eigenvalue weighted by Crippen LogP contribution is -2.62. The predicted octanol–water partition coefficient (Wildman–Crippen LogP) is 4.53. The second-order valence-electron chi connectivity index (χ2n) is 18.8. The molecule has 0 aromatic heterocycles. The number of alkyl carbamates (subject to hydrolysis) is 1. The van der Waals surface area contributed by atoms with Crippen molar-refractivity contribution in [3.8, 4) is 0 Å². The molecule has 14 nitrogen and oxygen atoms in total. The van der Waals surface area contributed by atoms with Crippen LogP contribution in [0.4, 0.5) is 9.59 Å². The van der Waals surface area contributed by atoms with Gasteiger partial charge in [-0.25, -0.2) is 18.0 Å². The van der Waals surface area contributed by atoms with Crippen LogP contribution in [0.2, 0.25) is 0 Å². The summed E-state index contributed by atoms with van der Waals surface area (Å²) in [5.41, 5.74) is -0.526. The summed E-state index contributed by atoms with van der Waals surface area (Å²) in [6, 6.07) is 3.70. The van der Waals surface area contributed by atoms with Crippen LogP contribution >= 0.6 is 0 Å². The highest BCUT2D eigenvalue weighted by atomic mass is 32.2. The number of ether oxygens (including phenoxy) is 2. The molecule has 1 saturated heterocycles. The molecule has 55 heavy (non-hydrogen) atoms. The lowest BCUT2D eigenvalue weighted by Gasteiger charge is -2.38. The number of sulfonamides is 1. The van der Waals surface area contributed by atoms with Gasteiger partial charge in [-0.05, 0) is 72.0 Å². The van der Waals surface area contributed by atoms with E-state index in [9.17, 15) is 32.4 Å². The molecule has 3 heterocycles. The Hall–Kier alpha value is -3.88. The van der Waals surface area contributed by atoms with Gasteiger partial charge < -0.3 is 25.0 Å². The zero-order valence-electron chi connectivity index (χ0n) is 33.6. The Bertz CT molecular complexity index is 1840. The number of cyclic esters (lactones) is 1. The lowest BCUT2D eigenvalue weighted by molar-refractivity contribution is -0.145. The van der Waals surface area contributed by atoms with Crippen LogP contribution in [-0.2, 0) is 53.4 Å². The second-order valence-corrected chi connectivity index (χ2v) is 20.8. The summed E-state index contributed by atoms with van der Waals surface area (Å²) in [7, 11) is -3.90. The minimum Gasteiger partial charge on any atom is -0.449 e. The van der Waals surface area contributed by atoms with Gasteiger partial charge >= 0.3 is 12.2 Å². The SMILES string of the molecule is CC[C@@H]1C[C@]1(NC(=O)[C@H]1N2C[C@H](OC(=O)N3Cc4cccc(c4C3)CCCCC(C)(C)COC(=O)N[C@H](C(C)(C)C)C2=O)C1(C)C)C(=O)NS(=O)(=O)C1CC1. The summed E-state index contributed by atoms with van der Waals surface area (Å²) < 4.78 is 39.8. The van der Waals surface area contributed by atoms with Crippen LogP contribution in [0.1, 0.15) is 117 Å². The van der Waals surface area contributed by atoms with E-state index in [1.807, 2.05) is 32.9 Å². The average Bonchev–Trinajstić information content (AvgIpc) is 4.00. The number of fused-ring (bicyclic) bond motifs is 3. The fourth-order valence-electron chi connectivity index (χ4n) is 8.54. The van der Waals surface area contributed by atoms with Crippen LogP contribution in [0.15, 0.2) is 18.2 Å². The van der Waals surface area contributed by atoms with Crippen molar-refractivity contribution in [3.63, 3.8) is 0 Å². The van der Waals surface area contributed by atoms with Crippen molar-refractivity contribution < 1.29 is 41.9 Å².